The number of rotatable bonds is 5. The van der Waals surface area contributed by atoms with Crippen LogP contribution in [0, 0.1) is 0 Å². The molecule has 1 heterocycles. The van der Waals surface area contributed by atoms with Gasteiger partial charge >= 0.3 is 0 Å². The van der Waals surface area contributed by atoms with Gasteiger partial charge in [-0.25, -0.2) is 0 Å². The Morgan fingerprint density at radius 1 is 1.25 bits per heavy atom. The zero-order valence-electron chi connectivity index (χ0n) is 8.77. The van der Waals surface area contributed by atoms with Gasteiger partial charge in [0.25, 0.3) is 6.29 Å². The number of alkyl halides is 1. The number of ether oxygens (including phenoxy) is 3. The van der Waals surface area contributed by atoms with Crippen LogP contribution in [-0.2, 0) is 9.47 Å². The number of benzene rings is 1. The molecule has 1 aromatic carbocycles. The number of hydrogen-bond acceptors (Lipinski definition) is 3. The van der Waals surface area contributed by atoms with Crippen molar-refractivity contribution in [1.82, 2.24) is 0 Å². The first-order valence-electron chi connectivity index (χ1n) is 5.15. The van der Waals surface area contributed by atoms with Gasteiger partial charge in [-0.1, -0.05) is 28.1 Å². The summed E-state index contributed by atoms with van der Waals surface area (Å²) in [4.78, 5) is 0. The summed E-state index contributed by atoms with van der Waals surface area (Å²) in [5, 5.41) is 0.950. The summed E-state index contributed by atoms with van der Waals surface area (Å²) >= 11 is 3.36. The van der Waals surface area contributed by atoms with E-state index in [2.05, 4.69) is 15.9 Å². The summed E-state index contributed by atoms with van der Waals surface area (Å²) in [7, 11) is 0. The van der Waals surface area contributed by atoms with E-state index in [1.807, 2.05) is 24.3 Å². The van der Waals surface area contributed by atoms with Crippen LogP contribution in [0.15, 0.2) is 36.8 Å². The van der Waals surface area contributed by atoms with Crippen molar-refractivity contribution in [2.24, 2.45) is 0 Å². The highest BCUT2D eigenvalue weighted by molar-refractivity contribution is 9.09. The number of hydrogen-bond donors (Lipinski definition) is 0. The Kier molecular flexibility index (Phi) is 4.10. The minimum Gasteiger partial charge on any atom is -0.494 e. The molecule has 0 radical (unpaired) electrons. The van der Waals surface area contributed by atoms with Crippen molar-refractivity contribution >= 4 is 15.9 Å². The highest BCUT2D eigenvalue weighted by Crippen LogP contribution is 2.26. The molecule has 0 unspecified atom stereocenters. The molecule has 0 N–H and O–H groups in total. The van der Waals surface area contributed by atoms with Crippen LogP contribution in [0.1, 0.15) is 18.3 Å². The molecular formula is C12H13BrO3. The predicted molar refractivity (Wildman–Crippen MR) is 64.4 cm³/mol. The third-order valence-electron chi connectivity index (χ3n) is 2.14. The van der Waals surface area contributed by atoms with Crippen LogP contribution in [0.4, 0.5) is 0 Å². The molecule has 1 aliphatic rings. The molecule has 0 saturated heterocycles. The molecule has 0 bridgehead atoms. The summed E-state index contributed by atoms with van der Waals surface area (Å²) in [5.41, 5.74) is 0.960. The average molecular weight is 285 g/mol. The van der Waals surface area contributed by atoms with Crippen LogP contribution < -0.4 is 4.74 Å². The van der Waals surface area contributed by atoms with Gasteiger partial charge in [0.05, 0.1) is 6.61 Å². The molecule has 86 valence electrons. The zero-order chi connectivity index (χ0) is 11.2. The topological polar surface area (TPSA) is 27.7 Å². The second kappa shape index (κ2) is 5.80. The first-order chi connectivity index (χ1) is 7.90. The van der Waals surface area contributed by atoms with E-state index < -0.39 is 0 Å². The Morgan fingerprint density at radius 3 is 2.81 bits per heavy atom. The molecule has 0 saturated carbocycles. The van der Waals surface area contributed by atoms with E-state index in [0.717, 1.165) is 23.1 Å². The SMILES string of the molecule is BrCCCOc1cccc(C2OC=CO2)c1. The second-order valence-electron chi connectivity index (χ2n) is 3.34. The molecule has 0 fully saturated rings. The van der Waals surface area contributed by atoms with Gasteiger partial charge in [0.2, 0.25) is 0 Å². The molecule has 0 aliphatic carbocycles. The molecule has 16 heavy (non-hydrogen) atoms. The lowest BCUT2D eigenvalue weighted by atomic mass is 10.2. The first-order valence-corrected chi connectivity index (χ1v) is 6.27. The van der Waals surface area contributed by atoms with Crippen molar-refractivity contribution in [2.45, 2.75) is 12.7 Å². The van der Waals surface area contributed by atoms with Gasteiger partial charge in [0, 0.05) is 10.9 Å². The minimum absolute atomic E-state index is 0.334. The smallest absolute Gasteiger partial charge is 0.266 e. The quantitative estimate of drug-likeness (QED) is 0.613. The second-order valence-corrected chi connectivity index (χ2v) is 4.13. The van der Waals surface area contributed by atoms with Gasteiger partial charge in [-0.15, -0.1) is 0 Å². The third-order valence-corrected chi connectivity index (χ3v) is 2.70. The van der Waals surface area contributed by atoms with E-state index >= 15 is 0 Å². The van der Waals surface area contributed by atoms with Crippen LogP contribution in [0.25, 0.3) is 0 Å². The third kappa shape index (κ3) is 2.92. The fourth-order valence-electron chi connectivity index (χ4n) is 1.39. The first kappa shape index (κ1) is 11.3. The predicted octanol–water partition coefficient (Wildman–Crippen LogP) is 3.37. The van der Waals surface area contributed by atoms with Crippen molar-refractivity contribution in [3.05, 3.63) is 42.4 Å². The minimum atomic E-state index is -0.334. The van der Waals surface area contributed by atoms with E-state index in [0.29, 0.717) is 6.61 Å². The fourth-order valence-corrected chi connectivity index (χ4v) is 1.62. The highest BCUT2D eigenvalue weighted by Gasteiger charge is 2.15. The van der Waals surface area contributed by atoms with Crippen molar-refractivity contribution < 1.29 is 14.2 Å². The molecule has 1 aromatic rings. The molecule has 0 spiro atoms. The molecule has 2 rings (SSSR count). The molecular weight excluding hydrogens is 272 g/mol. The van der Waals surface area contributed by atoms with Crippen molar-refractivity contribution in [3.8, 4) is 5.75 Å². The van der Waals surface area contributed by atoms with Crippen LogP contribution in [0.5, 0.6) is 5.75 Å². The fraction of sp³-hybridized carbons (Fsp3) is 0.333. The van der Waals surface area contributed by atoms with E-state index in [1.165, 1.54) is 0 Å². The Labute approximate surface area is 103 Å². The Balaban J connectivity index is 1.96. The maximum Gasteiger partial charge on any atom is 0.266 e. The molecule has 4 heteroatoms. The maximum atomic E-state index is 5.59. The molecule has 1 aliphatic heterocycles. The van der Waals surface area contributed by atoms with Crippen LogP contribution in [0.2, 0.25) is 0 Å². The van der Waals surface area contributed by atoms with Crippen LogP contribution >= 0.6 is 15.9 Å². The summed E-state index contributed by atoms with van der Waals surface area (Å²) in [6.45, 7) is 0.708. The van der Waals surface area contributed by atoms with Crippen molar-refractivity contribution in [1.29, 1.82) is 0 Å². The van der Waals surface area contributed by atoms with E-state index in [4.69, 9.17) is 14.2 Å². The van der Waals surface area contributed by atoms with Gasteiger partial charge in [0.1, 0.15) is 18.3 Å². The summed E-state index contributed by atoms with van der Waals surface area (Å²) in [6, 6.07) is 7.75. The van der Waals surface area contributed by atoms with Gasteiger partial charge in [0.15, 0.2) is 0 Å². The van der Waals surface area contributed by atoms with Gasteiger partial charge < -0.3 is 14.2 Å². The zero-order valence-corrected chi connectivity index (χ0v) is 10.4. The molecule has 3 nitrogen and oxygen atoms in total. The standard InChI is InChI=1S/C12H13BrO3/c13-5-2-6-14-11-4-1-3-10(9-11)12-15-7-8-16-12/h1,3-4,7-9,12H,2,5-6H2. The highest BCUT2D eigenvalue weighted by atomic mass is 79.9. The maximum absolute atomic E-state index is 5.59. The van der Waals surface area contributed by atoms with E-state index in [1.54, 1.807) is 12.5 Å². The Hall–Kier alpha value is -1.16. The summed E-state index contributed by atoms with van der Waals surface area (Å²) in [6.07, 6.45) is 3.74. The molecule has 0 amide bonds. The van der Waals surface area contributed by atoms with Gasteiger partial charge in [-0.2, -0.15) is 0 Å². The Morgan fingerprint density at radius 2 is 2.06 bits per heavy atom. The van der Waals surface area contributed by atoms with E-state index in [-0.39, 0.29) is 6.29 Å². The average Bonchev–Trinajstić information content (AvgIpc) is 2.83. The monoisotopic (exact) mass is 284 g/mol. The van der Waals surface area contributed by atoms with Gasteiger partial charge in [-0.05, 0) is 18.6 Å². The normalized spacial score (nSPS) is 14.6. The van der Waals surface area contributed by atoms with Crippen LogP contribution in [-0.4, -0.2) is 11.9 Å². The number of halogens is 1. The largest absolute Gasteiger partial charge is 0.494 e. The van der Waals surface area contributed by atoms with E-state index in [9.17, 15) is 0 Å². The lowest BCUT2D eigenvalue weighted by Crippen LogP contribution is -2.01. The Bertz CT molecular complexity index is 357. The van der Waals surface area contributed by atoms with Crippen molar-refractivity contribution in [2.75, 3.05) is 11.9 Å². The molecule has 0 atom stereocenters. The summed E-state index contributed by atoms with van der Waals surface area (Å²) < 4.78 is 16.1. The molecule has 0 aromatic heterocycles. The summed E-state index contributed by atoms with van der Waals surface area (Å²) in [5.74, 6) is 0.845. The lowest BCUT2D eigenvalue weighted by molar-refractivity contribution is -0.0247. The van der Waals surface area contributed by atoms with Gasteiger partial charge in [-0.3, -0.25) is 0 Å². The lowest BCUT2D eigenvalue weighted by Gasteiger charge is -2.12. The van der Waals surface area contributed by atoms with Crippen molar-refractivity contribution in [3.63, 3.8) is 0 Å². The van der Waals surface area contributed by atoms with Crippen LogP contribution in [0.3, 0.4) is 0 Å².